The molecule has 1 atom stereocenters. The van der Waals surface area contributed by atoms with Crippen molar-refractivity contribution in [3.05, 3.63) is 23.8 Å². The lowest BCUT2D eigenvalue weighted by molar-refractivity contribution is -0.148. The van der Waals surface area contributed by atoms with Gasteiger partial charge in [0.2, 0.25) is 0 Å². The molecule has 0 saturated carbocycles. The van der Waals surface area contributed by atoms with Crippen molar-refractivity contribution in [1.82, 2.24) is 0 Å². The normalized spacial score (nSPS) is 13.4. The van der Waals surface area contributed by atoms with Crippen LogP contribution in [-0.2, 0) is 14.9 Å². The number of esters is 1. The zero-order chi connectivity index (χ0) is 15.9. The van der Waals surface area contributed by atoms with Crippen molar-refractivity contribution < 1.29 is 19.0 Å². The van der Waals surface area contributed by atoms with E-state index in [-0.39, 0.29) is 5.97 Å². The molecule has 0 bridgehead atoms. The Morgan fingerprint density at radius 1 is 1.19 bits per heavy atom. The average molecular weight is 359 g/mol. The Bertz CT molecular complexity index is 475. The summed E-state index contributed by atoms with van der Waals surface area (Å²) < 4.78 is 15.7. The van der Waals surface area contributed by atoms with Crippen LogP contribution in [0.1, 0.15) is 31.7 Å². The number of carbonyl (C=O) groups is 1. The average Bonchev–Trinajstić information content (AvgIpc) is 2.55. The summed E-state index contributed by atoms with van der Waals surface area (Å²) in [5.74, 6) is 1.06. The van der Waals surface area contributed by atoms with Crippen LogP contribution in [-0.4, -0.2) is 32.6 Å². The lowest BCUT2D eigenvalue weighted by Crippen LogP contribution is -2.36. The fourth-order valence-corrected chi connectivity index (χ4v) is 2.87. The molecule has 0 fully saturated rings. The summed E-state index contributed by atoms with van der Waals surface area (Å²) in [5, 5.41) is 0.846. The topological polar surface area (TPSA) is 44.8 Å². The Balaban J connectivity index is 3.33. The molecule has 0 aliphatic rings. The molecule has 0 saturated heterocycles. The number of methoxy groups -OCH3 is 3. The summed E-state index contributed by atoms with van der Waals surface area (Å²) in [7, 11) is 4.61. The van der Waals surface area contributed by atoms with Gasteiger partial charge in [-0.3, -0.25) is 4.79 Å². The van der Waals surface area contributed by atoms with Crippen molar-refractivity contribution in [3.8, 4) is 11.5 Å². The smallest absolute Gasteiger partial charge is 0.316 e. The zero-order valence-electron chi connectivity index (χ0n) is 13.1. The lowest BCUT2D eigenvalue weighted by atomic mass is 9.74. The fraction of sp³-hybridized carbons (Fsp3) is 0.562. The second-order valence-electron chi connectivity index (χ2n) is 4.79. The monoisotopic (exact) mass is 358 g/mol. The first-order chi connectivity index (χ1) is 10.1. The lowest BCUT2D eigenvalue weighted by Gasteiger charge is -2.30. The largest absolute Gasteiger partial charge is 0.493 e. The molecule has 0 heterocycles. The van der Waals surface area contributed by atoms with E-state index in [1.54, 1.807) is 14.2 Å². The quantitative estimate of drug-likeness (QED) is 0.525. The fourth-order valence-electron chi connectivity index (χ4n) is 2.59. The number of rotatable bonds is 8. The maximum Gasteiger partial charge on any atom is 0.316 e. The third kappa shape index (κ3) is 3.70. The second kappa shape index (κ2) is 8.27. The summed E-state index contributed by atoms with van der Waals surface area (Å²) in [4.78, 5) is 12.4. The Kier molecular flexibility index (Phi) is 7.02. The highest BCUT2D eigenvalue weighted by Crippen LogP contribution is 2.39. The van der Waals surface area contributed by atoms with Crippen molar-refractivity contribution in [2.75, 3.05) is 26.7 Å². The van der Waals surface area contributed by atoms with Gasteiger partial charge >= 0.3 is 5.97 Å². The van der Waals surface area contributed by atoms with E-state index in [1.165, 1.54) is 7.11 Å². The third-order valence-electron chi connectivity index (χ3n) is 3.85. The molecule has 21 heavy (non-hydrogen) atoms. The van der Waals surface area contributed by atoms with E-state index in [4.69, 9.17) is 14.2 Å². The van der Waals surface area contributed by atoms with Gasteiger partial charge in [-0.05, 0) is 37.0 Å². The summed E-state index contributed by atoms with van der Waals surface area (Å²) in [5.41, 5.74) is 0.248. The van der Waals surface area contributed by atoms with Crippen LogP contribution in [0.2, 0.25) is 0 Å². The molecule has 0 aliphatic carbocycles. The van der Waals surface area contributed by atoms with E-state index in [0.717, 1.165) is 23.7 Å². The molecule has 5 heteroatoms. The molecule has 1 unspecified atom stereocenters. The maximum absolute atomic E-state index is 12.4. The van der Waals surface area contributed by atoms with Crippen LogP contribution in [0.25, 0.3) is 0 Å². The molecule has 0 radical (unpaired) electrons. The van der Waals surface area contributed by atoms with Crippen LogP contribution in [0.4, 0.5) is 0 Å². The molecule has 4 nitrogen and oxygen atoms in total. The number of hydrogen-bond acceptors (Lipinski definition) is 4. The van der Waals surface area contributed by atoms with Crippen molar-refractivity contribution in [2.24, 2.45) is 0 Å². The number of ether oxygens (including phenoxy) is 3. The van der Waals surface area contributed by atoms with Crippen molar-refractivity contribution in [1.29, 1.82) is 0 Å². The van der Waals surface area contributed by atoms with Gasteiger partial charge in [-0.25, -0.2) is 0 Å². The van der Waals surface area contributed by atoms with Crippen LogP contribution < -0.4 is 9.47 Å². The van der Waals surface area contributed by atoms with Crippen LogP contribution in [0.15, 0.2) is 18.2 Å². The van der Waals surface area contributed by atoms with E-state index < -0.39 is 5.41 Å². The molecular weight excluding hydrogens is 336 g/mol. The zero-order valence-corrected chi connectivity index (χ0v) is 14.7. The summed E-state index contributed by atoms with van der Waals surface area (Å²) in [6.45, 7) is 2.00. The number of benzene rings is 1. The molecule has 1 aromatic carbocycles. The van der Waals surface area contributed by atoms with Crippen LogP contribution >= 0.6 is 15.9 Å². The van der Waals surface area contributed by atoms with Crippen LogP contribution in [0.5, 0.6) is 11.5 Å². The molecule has 0 N–H and O–H groups in total. The molecule has 0 spiro atoms. The van der Waals surface area contributed by atoms with E-state index in [9.17, 15) is 4.79 Å². The minimum atomic E-state index is -0.651. The van der Waals surface area contributed by atoms with Gasteiger partial charge in [0.1, 0.15) is 0 Å². The van der Waals surface area contributed by atoms with Gasteiger partial charge in [-0.1, -0.05) is 28.9 Å². The van der Waals surface area contributed by atoms with E-state index in [1.807, 2.05) is 25.1 Å². The van der Waals surface area contributed by atoms with E-state index >= 15 is 0 Å². The van der Waals surface area contributed by atoms with Crippen molar-refractivity contribution in [3.63, 3.8) is 0 Å². The number of alkyl halides is 1. The molecule has 0 amide bonds. The minimum absolute atomic E-state index is 0.210. The first-order valence-corrected chi connectivity index (χ1v) is 8.08. The second-order valence-corrected chi connectivity index (χ2v) is 5.58. The Labute approximate surface area is 134 Å². The highest BCUT2D eigenvalue weighted by Gasteiger charge is 2.39. The molecule has 0 aliphatic heterocycles. The van der Waals surface area contributed by atoms with Gasteiger partial charge < -0.3 is 14.2 Å². The molecule has 0 aromatic heterocycles. The van der Waals surface area contributed by atoms with E-state index in [0.29, 0.717) is 17.9 Å². The molecule has 118 valence electrons. The highest BCUT2D eigenvalue weighted by atomic mass is 79.9. The molecule has 1 rings (SSSR count). The maximum atomic E-state index is 12.4. The molecule has 1 aromatic rings. The minimum Gasteiger partial charge on any atom is -0.493 e. The van der Waals surface area contributed by atoms with Gasteiger partial charge in [0.15, 0.2) is 11.5 Å². The van der Waals surface area contributed by atoms with E-state index in [2.05, 4.69) is 15.9 Å². The SMILES string of the molecule is CCC(CCCBr)(C(=O)OC)c1ccc(OC)c(OC)c1. The highest BCUT2D eigenvalue weighted by molar-refractivity contribution is 9.09. The first kappa shape index (κ1) is 17.8. The Morgan fingerprint density at radius 2 is 1.86 bits per heavy atom. The van der Waals surface area contributed by atoms with Crippen LogP contribution in [0.3, 0.4) is 0 Å². The first-order valence-electron chi connectivity index (χ1n) is 6.96. The summed E-state index contributed by atoms with van der Waals surface area (Å²) >= 11 is 3.43. The predicted molar refractivity (Wildman–Crippen MR) is 86.6 cm³/mol. The molecular formula is C16H23BrO4. The number of carbonyl (C=O) groups excluding carboxylic acids is 1. The summed E-state index contributed by atoms with van der Waals surface area (Å²) in [6, 6.07) is 5.61. The van der Waals surface area contributed by atoms with Gasteiger partial charge in [-0.2, -0.15) is 0 Å². The Morgan fingerprint density at radius 3 is 2.33 bits per heavy atom. The van der Waals surface area contributed by atoms with Gasteiger partial charge in [0, 0.05) is 5.33 Å². The van der Waals surface area contributed by atoms with Gasteiger partial charge in [-0.15, -0.1) is 0 Å². The van der Waals surface area contributed by atoms with Crippen molar-refractivity contribution >= 4 is 21.9 Å². The van der Waals surface area contributed by atoms with Gasteiger partial charge in [0.25, 0.3) is 0 Å². The third-order valence-corrected chi connectivity index (χ3v) is 4.41. The predicted octanol–water partition coefficient (Wildman–Crippen LogP) is 3.70. The Hall–Kier alpha value is -1.23. The van der Waals surface area contributed by atoms with Crippen LogP contribution in [0, 0.1) is 0 Å². The van der Waals surface area contributed by atoms with Gasteiger partial charge in [0.05, 0.1) is 26.7 Å². The number of halogens is 1. The summed E-state index contributed by atoms with van der Waals surface area (Å²) in [6.07, 6.45) is 2.27. The number of hydrogen-bond donors (Lipinski definition) is 0. The van der Waals surface area contributed by atoms with Crippen molar-refractivity contribution in [2.45, 2.75) is 31.6 Å². The standard InChI is InChI=1S/C16H23BrO4/c1-5-16(9-6-10-17,15(18)21-4)12-7-8-13(19-2)14(11-12)20-3/h7-8,11H,5-6,9-10H2,1-4H3.